The maximum Gasteiger partial charge on any atom is 0.330 e. The van der Waals surface area contributed by atoms with Gasteiger partial charge in [-0.25, -0.2) is 4.79 Å². The number of carbonyl (C=O) groups is 3. The maximum atomic E-state index is 12.4. The van der Waals surface area contributed by atoms with Crippen molar-refractivity contribution >= 4 is 33.8 Å². The zero-order chi connectivity index (χ0) is 15.4. The Morgan fingerprint density at radius 2 is 2.10 bits per heavy atom. The minimum absolute atomic E-state index is 0.121. The van der Waals surface area contributed by atoms with E-state index in [0.29, 0.717) is 12.2 Å². The van der Waals surface area contributed by atoms with Gasteiger partial charge in [0.05, 0.1) is 13.2 Å². The van der Waals surface area contributed by atoms with Gasteiger partial charge in [-0.2, -0.15) is 0 Å². The molecule has 21 heavy (non-hydrogen) atoms. The summed E-state index contributed by atoms with van der Waals surface area (Å²) in [6.07, 6.45) is 0. The molecule has 1 fully saturated rings. The van der Waals surface area contributed by atoms with Gasteiger partial charge < -0.3 is 4.74 Å². The number of rotatable bonds is 5. The van der Waals surface area contributed by atoms with Crippen LogP contribution in [-0.4, -0.2) is 42.5 Å². The average molecular weight is 355 g/mol. The van der Waals surface area contributed by atoms with Gasteiger partial charge in [-0.3, -0.25) is 19.8 Å². The highest BCUT2D eigenvalue weighted by Gasteiger charge is 2.41. The fourth-order valence-electron chi connectivity index (χ4n) is 2.11. The standard InChI is InChI=1S/C14H15BrN2O4/c1-2-21-7-6-17-13(19)11(12(18)16-14(17)20)9-4-3-5-10(15)8-9/h3-5,8,11H,2,6-7H2,1H3,(H,16,18,20). The normalized spacial score (nSPS) is 18.9. The van der Waals surface area contributed by atoms with E-state index in [4.69, 9.17) is 4.74 Å². The van der Waals surface area contributed by atoms with Crippen molar-refractivity contribution in [3.63, 3.8) is 0 Å². The predicted molar refractivity (Wildman–Crippen MR) is 78.6 cm³/mol. The number of barbiturate groups is 1. The van der Waals surface area contributed by atoms with Crippen molar-refractivity contribution in [3.05, 3.63) is 34.3 Å². The molecule has 7 heteroatoms. The van der Waals surface area contributed by atoms with Crippen LogP contribution in [0.15, 0.2) is 28.7 Å². The molecule has 1 unspecified atom stereocenters. The number of nitrogens with one attached hydrogen (secondary N) is 1. The Balaban J connectivity index is 2.22. The van der Waals surface area contributed by atoms with E-state index in [1.54, 1.807) is 24.3 Å². The smallest absolute Gasteiger partial charge is 0.330 e. The lowest BCUT2D eigenvalue weighted by Crippen LogP contribution is -2.57. The topological polar surface area (TPSA) is 75.7 Å². The summed E-state index contributed by atoms with van der Waals surface area (Å²) in [5.74, 6) is -2.14. The molecular formula is C14H15BrN2O4. The minimum atomic E-state index is -1.01. The van der Waals surface area contributed by atoms with Crippen LogP contribution in [0.5, 0.6) is 0 Å². The Hall–Kier alpha value is -1.73. The van der Waals surface area contributed by atoms with Gasteiger partial charge in [-0.05, 0) is 24.6 Å². The number of imide groups is 2. The average Bonchev–Trinajstić information content (AvgIpc) is 2.42. The number of halogens is 1. The van der Waals surface area contributed by atoms with Crippen molar-refractivity contribution in [3.8, 4) is 0 Å². The van der Waals surface area contributed by atoms with E-state index < -0.39 is 23.8 Å². The second-order valence-electron chi connectivity index (χ2n) is 4.47. The van der Waals surface area contributed by atoms with Gasteiger partial charge in [0.2, 0.25) is 11.8 Å². The quantitative estimate of drug-likeness (QED) is 0.644. The lowest BCUT2D eigenvalue weighted by molar-refractivity contribution is -0.139. The molecule has 112 valence electrons. The molecule has 1 aromatic rings. The first-order valence-corrected chi connectivity index (χ1v) is 7.33. The summed E-state index contributed by atoms with van der Waals surface area (Å²) in [6.45, 7) is 2.69. The summed E-state index contributed by atoms with van der Waals surface area (Å²) in [6, 6.07) is 6.21. The Labute approximate surface area is 130 Å². The predicted octanol–water partition coefficient (Wildman–Crippen LogP) is 1.65. The van der Waals surface area contributed by atoms with Crippen molar-refractivity contribution in [1.82, 2.24) is 10.2 Å². The van der Waals surface area contributed by atoms with Crippen molar-refractivity contribution in [1.29, 1.82) is 0 Å². The molecule has 0 bridgehead atoms. The summed E-state index contributed by atoms with van der Waals surface area (Å²) in [5, 5.41) is 2.21. The van der Waals surface area contributed by atoms with Crippen molar-refractivity contribution in [2.75, 3.05) is 19.8 Å². The van der Waals surface area contributed by atoms with Crippen molar-refractivity contribution in [2.45, 2.75) is 12.8 Å². The Morgan fingerprint density at radius 1 is 1.33 bits per heavy atom. The van der Waals surface area contributed by atoms with Gasteiger partial charge in [-0.1, -0.05) is 28.1 Å². The van der Waals surface area contributed by atoms with E-state index in [2.05, 4.69) is 21.2 Å². The van der Waals surface area contributed by atoms with E-state index in [-0.39, 0.29) is 13.2 Å². The third kappa shape index (κ3) is 3.48. The van der Waals surface area contributed by atoms with E-state index in [1.165, 1.54) is 0 Å². The molecule has 0 spiro atoms. The number of nitrogens with zero attached hydrogens (tertiary/aromatic N) is 1. The second kappa shape index (κ2) is 6.82. The molecular weight excluding hydrogens is 340 g/mol. The first-order valence-electron chi connectivity index (χ1n) is 6.54. The van der Waals surface area contributed by atoms with Gasteiger partial charge in [0.1, 0.15) is 5.92 Å². The fourth-order valence-corrected chi connectivity index (χ4v) is 2.52. The van der Waals surface area contributed by atoms with Crippen LogP contribution in [0.1, 0.15) is 18.4 Å². The first-order chi connectivity index (χ1) is 10.0. The first kappa shape index (κ1) is 15.7. The van der Waals surface area contributed by atoms with Gasteiger partial charge >= 0.3 is 6.03 Å². The molecule has 6 nitrogen and oxygen atoms in total. The molecule has 1 aliphatic rings. The number of ether oxygens (including phenoxy) is 1. The van der Waals surface area contributed by atoms with Crippen molar-refractivity contribution < 1.29 is 19.1 Å². The van der Waals surface area contributed by atoms with Gasteiger partial charge in [0.15, 0.2) is 0 Å². The third-order valence-corrected chi connectivity index (χ3v) is 3.59. The number of hydrogen-bond acceptors (Lipinski definition) is 4. The third-order valence-electron chi connectivity index (χ3n) is 3.10. The van der Waals surface area contributed by atoms with Crippen LogP contribution in [0.2, 0.25) is 0 Å². The molecule has 2 rings (SSSR count). The van der Waals surface area contributed by atoms with E-state index in [1.807, 2.05) is 6.92 Å². The van der Waals surface area contributed by atoms with Crippen LogP contribution >= 0.6 is 15.9 Å². The van der Waals surface area contributed by atoms with Gasteiger partial charge in [0.25, 0.3) is 0 Å². The van der Waals surface area contributed by atoms with Gasteiger partial charge in [0, 0.05) is 11.1 Å². The monoisotopic (exact) mass is 354 g/mol. The lowest BCUT2D eigenvalue weighted by atomic mass is 9.95. The largest absolute Gasteiger partial charge is 0.380 e. The molecule has 1 N–H and O–H groups in total. The Bertz CT molecular complexity index is 576. The SMILES string of the molecule is CCOCCN1C(=O)NC(=O)C(c2cccc(Br)c2)C1=O. The highest BCUT2D eigenvalue weighted by Crippen LogP contribution is 2.25. The highest BCUT2D eigenvalue weighted by molar-refractivity contribution is 9.10. The van der Waals surface area contributed by atoms with Crippen LogP contribution in [0, 0.1) is 0 Å². The Kier molecular flexibility index (Phi) is 5.08. The molecule has 4 amide bonds. The molecule has 1 aromatic carbocycles. The van der Waals surface area contributed by atoms with E-state index >= 15 is 0 Å². The molecule has 1 saturated heterocycles. The fraction of sp³-hybridized carbons (Fsp3) is 0.357. The summed E-state index contributed by atoms with van der Waals surface area (Å²) in [7, 11) is 0. The van der Waals surface area contributed by atoms with Crippen LogP contribution < -0.4 is 5.32 Å². The number of benzene rings is 1. The summed E-state index contributed by atoms with van der Waals surface area (Å²) in [5.41, 5.74) is 0.542. The Morgan fingerprint density at radius 3 is 2.76 bits per heavy atom. The summed E-state index contributed by atoms with van der Waals surface area (Å²) < 4.78 is 5.92. The zero-order valence-corrected chi connectivity index (χ0v) is 13.1. The van der Waals surface area contributed by atoms with Crippen LogP contribution in [0.3, 0.4) is 0 Å². The van der Waals surface area contributed by atoms with Crippen LogP contribution in [0.4, 0.5) is 4.79 Å². The maximum absolute atomic E-state index is 12.4. The molecule has 1 aliphatic heterocycles. The molecule has 0 aliphatic carbocycles. The van der Waals surface area contributed by atoms with Crippen LogP contribution in [-0.2, 0) is 14.3 Å². The van der Waals surface area contributed by atoms with E-state index in [9.17, 15) is 14.4 Å². The number of hydrogen-bond donors (Lipinski definition) is 1. The number of amides is 4. The summed E-state index contributed by atoms with van der Waals surface area (Å²) >= 11 is 3.30. The second-order valence-corrected chi connectivity index (χ2v) is 5.38. The van der Waals surface area contributed by atoms with E-state index in [0.717, 1.165) is 9.37 Å². The highest BCUT2D eigenvalue weighted by atomic mass is 79.9. The molecule has 0 radical (unpaired) electrons. The molecule has 0 saturated carbocycles. The van der Waals surface area contributed by atoms with Crippen LogP contribution in [0.25, 0.3) is 0 Å². The number of urea groups is 1. The zero-order valence-electron chi connectivity index (χ0n) is 11.5. The molecule has 0 aromatic heterocycles. The molecule has 1 heterocycles. The minimum Gasteiger partial charge on any atom is -0.380 e. The molecule has 1 atom stereocenters. The van der Waals surface area contributed by atoms with Gasteiger partial charge in [-0.15, -0.1) is 0 Å². The summed E-state index contributed by atoms with van der Waals surface area (Å²) in [4.78, 5) is 37.2. The van der Waals surface area contributed by atoms with Crippen molar-refractivity contribution in [2.24, 2.45) is 0 Å². The lowest BCUT2D eigenvalue weighted by Gasteiger charge is -2.30. The number of carbonyl (C=O) groups excluding carboxylic acids is 3.